The Hall–Kier alpha value is -1.49. The molecule has 2 heterocycles. The van der Waals surface area contributed by atoms with Crippen molar-refractivity contribution in [3.63, 3.8) is 0 Å². The van der Waals surface area contributed by atoms with Crippen LogP contribution in [0.25, 0.3) is 11.0 Å². The van der Waals surface area contributed by atoms with Crippen molar-refractivity contribution in [3.05, 3.63) is 57.5 Å². The molecule has 0 fully saturated rings. The van der Waals surface area contributed by atoms with Gasteiger partial charge in [0, 0.05) is 22.8 Å². The number of aromatic nitrogens is 2. The summed E-state index contributed by atoms with van der Waals surface area (Å²) in [7, 11) is 0. The molecule has 1 atom stereocenters. The summed E-state index contributed by atoms with van der Waals surface area (Å²) in [6.45, 7) is 2.95. The first-order valence-electron chi connectivity index (χ1n) is 6.47. The number of halogens is 1. The smallest absolute Gasteiger partial charge is 0.0938 e. The van der Waals surface area contributed by atoms with Crippen LogP contribution in [0, 0.1) is 0 Å². The summed E-state index contributed by atoms with van der Waals surface area (Å²) in [5.74, 6) is 0. The van der Waals surface area contributed by atoms with Crippen LogP contribution in [0.1, 0.15) is 23.4 Å². The molecule has 3 nitrogen and oxygen atoms in total. The van der Waals surface area contributed by atoms with E-state index in [1.807, 2.05) is 23.6 Å². The van der Waals surface area contributed by atoms with Gasteiger partial charge in [0.15, 0.2) is 0 Å². The fourth-order valence-electron chi connectivity index (χ4n) is 2.31. The molecule has 0 radical (unpaired) electrons. The molecule has 102 valence electrons. The molecule has 0 saturated heterocycles. The van der Waals surface area contributed by atoms with Crippen LogP contribution in [0.3, 0.4) is 0 Å². The van der Waals surface area contributed by atoms with Gasteiger partial charge in [0.05, 0.1) is 22.1 Å². The van der Waals surface area contributed by atoms with Gasteiger partial charge in [-0.2, -0.15) is 0 Å². The maximum Gasteiger partial charge on any atom is 0.0938 e. The number of nitrogens with zero attached hydrogens (tertiary/aromatic N) is 2. The summed E-state index contributed by atoms with van der Waals surface area (Å²) in [4.78, 5) is 9.97. The van der Waals surface area contributed by atoms with E-state index in [-0.39, 0.29) is 6.04 Å². The lowest BCUT2D eigenvalue weighted by Gasteiger charge is -2.18. The average Bonchev–Trinajstić information content (AvgIpc) is 2.90. The van der Waals surface area contributed by atoms with Crippen LogP contribution in [0.4, 0.5) is 0 Å². The van der Waals surface area contributed by atoms with Crippen LogP contribution < -0.4 is 5.32 Å². The number of thiophene rings is 1. The Bertz CT molecular complexity index is 720. The molecule has 3 rings (SSSR count). The topological polar surface area (TPSA) is 37.8 Å². The van der Waals surface area contributed by atoms with Crippen molar-refractivity contribution in [1.82, 2.24) is 15.3 Å². The summed E-state index contributed by atoms with van der Waals surface area (Å²) >= 11 is 7.96. The molecule has 5 heteroatoms. The molecule has 0 aliphatic rings. The maximum atomic E-state index is 6.31. The number of para-hydroxylation sites is 1. The van der Waals surface area contributed by atoms with Crippen molar-refractivity contribution < 1.29 is 0 Å². The SMILES string of the molecule is CCNC(c1sccc1Cl)c1cccc2nccnc12. The molecular weight excluding hydrogens is 290 g/mol. The lowest BCUT2D eigenvalue weighted by atomic mass is 10.0. The van der Waals surface area contributed by atoms with Crippen molar-refractivity contribution in [3.8, 4) is 0 Å². The van der Waals surface area contributed by atoms with Gasteiger partial charge in [-0.1, -0.05) is 30.7 Å². The fourth-order valence-corrected chi connectivity index (χ4v) is 3.57. The first-order chi connectivity index (χ1) is 9.81. The summed E-state index contributed by atoms with van der Waals surface area (Å²) in [5.41, 5.74) is 2.94. The Morgan fingerprint density at radius 2 is 2.10 bits per heavy atom. The predicted octanol–water partition coefficient (Wildman–Crippen LogP) is 4.04. The Balaban J connectivity index is 2.17. The zero-order chi connectivity index (χ0) is 13.9. The van der Waals surface area contributed by atoms with Crippen LogP contribution in [0.2, 0.25) is 5.02 Å². The van der Waals surface area contributed by atoms with E-state index in [0.29, 0.717) is 0 Å². The zero-order valence-electron chi connectivity index (χ0n) is 11.0. The Kier molecular flexibility index (Phi) is 3.96. The van der Waals surface area contributed by atoms with Crippen molar-refractivity contribution >= 4 is 34.0 Å². The normalized spacial score (nSPS) is 12.7. The Labute approximate surface area is 126 Å². The van der Waals surface area contributed by atoms with Gasteiger partial charge in [0.2, 0.25) is 0 Å². The van der Waals surface area contributed by atoms with Crippen molar-refractivity contribution in [1.29, 1.82) is 0 Å². The number of hydrogen-bond acceptors (Lipinski definition) is 4. The summed E-state index contributed by atoms with van der Waals surface area (Å²) in [6.07, 6.45) is 3.44. The average molecular weight is 304 g/mol. The Morgan fingerprint density at radius 3 is 2.85 bits per heavy atom. The van der Waals surface area contributed by atoms with Crippen LogP contribution in [0.15, 0.2) is 42.0 Å². The summed E-state index contributed by atoms with van der Waals surface area (Å²) < 4.78 is 0. The van der Waals surface area contributed by atoms with E-state index in [9.17, 15) is 0 Å². The van der Waals surface area contributed by atoms with E-state index < -0.39 is 0 Å². The molecule has 0 aliphatic heterocycles. The van der Waals surface area contributed by atoms with E-state index in [0.717, 1.165) is 33.0 Å². The lowest BCUT2D eigenvalue weighted by Crippen LogP contribution is -2.21. The second kappa shape index (κ2) is 5.87. The van der Waals surface area contributed by atoms with Crippen molar-refractivity contribution in [2.24, 2.45) is 0 Å². The van der Waals surface area contributed by atoms with Gasteiger partial charge in [0.1, 0.15) is 0 Å². The van der Waals surface area contributed by atoms with Gasteiger partial charge in [-0.05, 0) is 24.1 Å². The third-order valence-electron chi connectivity index (χ3n) is 3.16. The van der Waals surface area contributed by atoms with Crippen LogP contribution in [-0.2, 0) is 0 Å². The number of hydrogen-bond donors (Lipinski definition) is 1. The highest BCUT2D eigenvalue weighted by Crippen LogP contribution is 2.34. The largest absolute Gasteiger partial charge is 0.306 e. The number of nitrogens with one attached hydrogen (secondary N) is 1. The molecule has 0 bridgehead atoms. The number of fused-ring (bicyclic) bond motifs is 1. The first kappa shape index (κ1) is 13.5. The zero-order valence-corrected chi connectivity index (χ0v) is 12.6. The third-order valence-corrected chi connectivity index (χ3v) is 4.58. The molecular formula is C15H14ClN3S. The highest BCUT2D eigenvalue weighted by atomic mass is 35.5. The molecule has 0 amide bonds. The second-order valence-corrected chi connectivity index (χ2v) is 5.75. The maximum absolute atomic E-state index is 6.31. The number of benzene rings is 1. The molecule has 3 aromatic rings. The lowest BCUT2D eigenvalue weighted by molar-refractivity contribution is 0.642. The van der Waals surface area contributed by atoms with E-state index >= 15 is 0 Å². The molecule has 0 spiro atoms. The quantitative estimate of drug-likeness (QED) is 0.790. The predicted molar refractivity (Wildman–Crippen MR) is 84.4 cm³/mol. The molecule has 1 unspecified atom stereocenters. The fraction of sp³-hybridized carbons (Fsp3) is 0.200. The Morgan fingerprint density at radius 1 is 1.25 bits per heavy atom. The second-order valence-electron chi connectivity index (χ2n) is 4.39. The third kappa shape index (κ3) is 2.42. The van der Waals surface area contributed by atoms with E-state index in [1.165, 1.54) is 0 Å². The van der Waals surface area contributed by atoms with Crippen molar-refractivity contribution in [2.45, 2.75) is 13.0 Å². The first-order valence-corrected chi connectivity index (χ1v) is 7.73. The molecule has 20 heavy (non-hydrogen) atoms. The van der Waals surface area contributed by atoms with Crippen LogP contribution >= 0.6 is 22.9 Å². The van der Waals surface area contributed by atoms with Gasteiger partial charge in [-0.15, -0.1) is 11.3 Å². The number of rotatable bonds is 4. The highest BCUT2D eigenvalue weighted by molar-refractivity contribution is 7.10. The molecule has 0 saturated carbocycles. The van der Waals surface area contributed by atoms with E-state index in [4.69, 9.17) is 11.6 Å². The van der Waals surface area contributed by atoms with Gasteiger partial charge in [-0.3, -0.25) is 9.97 Å². The van der Waals surface area contributed by atoms with Crippen LogP contribution in [-0.4, -0.2) is 16.5 Å². The summed E-state index contributed by atoms with van der Waals surface area (Å²) in [5, 5.41) is 6.30. The van der Waals surface area contributed by atoms with Crippen LogP contribution in [0.5, 0.6) is 0 Å². The standard InChI is InChI=1S/C15H14ClN3S/c1-2-17-14(15-11(16)6-9-20-15)10-4-3-5-12-13(10)19-8-7-18-12/h3-9,14,17H,2H2,1H3. The van der Waals surface area contributed by atoms with Gasteiger partial charge >= 0.3 is 0 Å². The summed E-state index contributed by atoms with van der Waals surface area (Å²) in [6, 6.07) is 8.06. The highest BCUT2D eigenvalue weighted by Gasteiger charge is 2.20. The molecule has 1 N–H and O–H groups in total. The molecule has 0 aliphatic carbocycles. The van der Waals surface area contributed by atoms with E-state index in [2.05, 4.69) is 28.3 Å². The van der Waals surface area contributed by atoms with Gasteiger partial charge < -0.3 is 5.32 Å². The van der Waals surface area contributed by atoms with Gasteiger partial charge in [0.25, 0.3) is 0 Å². The minimum absolute atomic E-state index is 0.0490. The van der Waals surface area contributed by atoms with Gasteiger partial charge in [-0.25, -0.2) is 0 Å². The molecule has 2 aromatic heterocycles. The minimum Gasteiger partial charge on any atom is -0.306 e. The monoisotopic (exact) mass is 303 g/mol. The molecule has 1 aromatic carbocycles. The van der Waals surface area contributed by atoms with E-state index in [1.54, 1.807) is 23.7 Å². The van der Waals surface area contributed by atoms with Crippen molar-refractivity contribution in [2.75, 3.05) is 6.54 Å². The minimum atomic E-state index is 0.0490.